The van der Waals surface area contributed by atoms with Gasteiger partial charge in [-0.15, -0.1) is 0 Å². The second kappa shape index (κ2) is 9.19. The minimum Gasteiger partial charge on any atom is -0.448 e. The van der Waals surface area contributed by atoms with E-state index in [1.54, 1.807) is 13.0 Å². The topological polar surface area (TPSA) is 84.1 Å². The maximum absolute atomic E-state index is 12.6. The van der Waals surface area contributed by atoms with Crippen LogP contribution in [-0.4, -0.2) is 28.2 Å². The molecule has 1 aromatic heterocycles. The summed E-state index contributed by atoms with van der Waals surface area (Å²) in [5.74, 6) is -0.694. The van der Waals surface area contributed by atoms with Gasteiger partial charge in [-0.25, -0.2) is 4.79 Å². The molecule has 2 aromatic carbocycles. The summed E-state index contributed by atoms with van der Waals surface area (Å²) in [6.07, 6.45) is 0.0111. The number of esters is 1. The van der Waals surface area contributed by atoms with Crippen molar-refractivity contribution in [2.45, 2.75) is 39.2 Å². The van der Waals surface area contributed by atoms with Crippen LogP contribution in [0.25, 0.3) is 11.3 Å². The highest BCUT2D eigenvalue weighted by Gasteiger charge is 2.22. The van der Waals surface area contributed by atoms with Gasteiger partial charge in [0.15, 0.2) is 6.10 Å². The number of anilines is 1. The fourth-order valence-electron chi connectivity index (χ4n) is 2.96. The Labute approximate surface area is 170 Å². The minimum atomic E-state index is -0.948. The maximum Gasteiger partial charge on any atom is 0.357 e. The van der Waals surface area contributed by atoms with Gasteiger partial charge in [0.2, 0.25) is 0 Å². The van der Waals surface area contributed by atoms with Crippen LogP contribution in [0.5, 0.6) is 0 Å². The Morgan fingerprint density at radius 1 is 1.07 bits per heavy atom. The summed E-state index contributed by atoms with van der Waals surface area (Å²) in [7, 11) is 0. The fraction of sp³-hybridized carbons (Fsp3) is 0.261. The van der Waals surface area contributed by atoms with Gasteiger partial charge in [-0.05, 0) is 37.0 Å². The van der Waals surface area contributed by atoms with E-state index < -0.39 is 12.1 Å². The van der Waals surface area contributed by atoms with Gasteiger partial charge >= 0.3 is 5.97 Å². The van der Waals surface area contributed by atoms with E-state index in [1.807, 2.05) is 54.6 Å². The Kier molecular flexibility index (Phi) is 6.44. The number of aromatic nitrogens is 2. The third-order valence-corrected chi connectivity index (χ3v) is 4.88. The minimum absolute atomic E-state index is 0.198. The molecule has 0 fully saturated rings. The van der Waals surface area contributed by atoms with Gasteiger partial charge in [-0.2, -0.15) is 5.10 Å². The van der Waals surface area contributed by atoms with Gasteiger partial charge in [0, 0.05) is 11.3 Å². The van der Waals surface area contributed by atoms with Crippen LogP contribution in [0.3, 0.4) is 0 Å². The third kappa shape index (κ3) is 4.90. The molecule has 0 unspecified atom stereocenters. The van der Waals surface area contributed by atoms with Crippen molar-refractivity contribution in [3.05, 3.63) is 71.9 Å². The van der Waals surface area contributed by atoms with Crippen molar-refractivity contribution in [3.63, 3.8) is 0 Å². The molecule has 6 heteroatoms. The average Bonchev–Trinajstić information content (AvgIpc) is 3.24. The number of ether oxygens (including phenoxy) is 1. The lowest BCUT2D eigenvalue weighted by molar-refractivity contribution is -0.123. The SMILES string of the molecule is CC[C@H](C)c1ccccc1NC(=O)[C@H](C)OC(=O)c1cc(-c2ccccc2)n[nH]1. The summed E-state index contributed by atoms with van der Waals surface area (Å²) in [5.41, 5.74) is 3.52. The molecular weight excluding hydrogens is 366 g/mol. The zero-order chi connectivity index (χ0) is 20.8. The molecule has 0 aliphatic carbocycles. The highest BCUT2D eigenvalue weighted by Crippen LogP contribution is 2.26. The molecule has 3 rings (SSSR count). The molecule has 2 N–H and O–H groups in total. The first-order chi connectivity index (χ1) is 14.0. The second-order valence-electron chi connectivity index (χ2n) is 6.97. The van der Waals surface area contributed by atoms with Crippen LogP contribution in [0.2, 0.25) is 0 Å². The van der Waals surface area contributed by atoms with Crippen LogP contribution in [0.4, 0.5) is 5.69 Å². The van der Waals surface area contributed by atoms with Crippen molar-refractivity contribution in [1.29, 1.82) is 0 Å². The van der Waals surface area contributed by atoms with Crippen LogP contribution in [0.15, 0.2) is 60.7 Å². The second-order valence-corrected chi connectivity index (χ2v) is 6.97. The number of aromatic amines is 1. The zero-order valence-corrected chi connectivity index (χ0v) is 16.8. The monoisotopic (exact) mass is 391 g/mol. The van der Waals surface area contributed by atoms with Crippen LogP contribution in [0, 0.1) is 0 Å². The Bertz CT molecular complexity index is 982. The van der Waals surface area contributed by atoms with E-state index in [0.29, 0.717) is 11.6 Å². The highest BCUT2D eigenvalue weighted by molar-refractivity contribution is 5.97. The standard InChI is InChI=1S/C23H25N3O3/c1-4-15(2)18-12-8-9-13-19(18)24-22(27)16(3)29-23(28)21-14-20(25-26-21)17-10-6-5-7-11-17/h5-16H,4H2,1-3H3,(H,24,27)(H,25,26)/t15-,16-/m0/s1. The molecule has 0 aliphatic rings. The quantitative estimate of drug-likeness (QED) is 0.568. The fourth-order valence-corrected chi connectivity index (χ4v) is 2.96. The molecule has 29 heavy (non-hydrogen) atoms. The first-order valence-electron chi connectivity index (χ1n) is 9.71. The molecule has 3 aromatic rings. The van der Waals surface area contributed by atoms with Crippen molar-refractivity contribution in [3.8, 4) is 11.3 Å². The van der Waals surface area contributed by atoms with Crippen LogP contribution >= 0.6 is 0 Å². The predicted octanol–water partition coefficient (Wildman–Crippen LogP) is 4.77. The number of para-hydroxylation sites is 1. The Morgan fingerprint density at radius 3 is 2.48 bits per heavy atom. The summed E-state index contributed by atoms with van der Waals surface area (Å²) in [6, 6.07) is 18.8. The van der Waals surface area contributed by atoms with Crippen LogP contribution in [0.1, 0.15) is 49.2 Å². The van der Waals surface area contributed by atoms with E-state index in [-0.39, 0.29) is 11.6 Å². The predicted molar refractivity (Wildman–Crippen MR) is 113 cm³/mol. The molecule has 2 atom stereocenters. The molecule has 6 nitrogen and oxygen atoms in total. The van der Waals surface area contributed by atoms with Crippen molar-refractivity contribution in [2.75, 3.05) is 5.32 Å². The number of nitrogens with one attached hydrogen (secondary N) is 2. The van der Waals surface area contributed by atoms with Gasteiger partial charge in [0.25, 0.3) is 5.91 Å². The van der Waals surface area contributed by atoms with E-state index in [1.165, 1.54) is 0 Å². The Morgan fingerprint density at radius 2 is 1.76 bits per heavy atom. The molecule has 0 aliphatic heterocycles. The van der Waals surface area contributed by atoms with Crippen LogP contribution in [-0.2, 0) is 9.53 Å². The average molecular weight is 391 g/mol. The van der Waals surface area contributed by atoms with E-state index in [9.17, 15) is 9.59 Å². The molecule has 0 saturated heterocycles. The largest absolute Gasteiger partial charge is 0.448 e. The first-order valence-corrected chi connectivity index (χ1v) is 9.71. The smallest absolute Gasteiger partial charge is 0.357 e. The summed E-state index contributed by atoms with van der Waals surface area (Å²) < 4.78 is 5.32. The first kappa shape index (κ1) is 20.3. The number of hydrogen-bond acceptors (Lipinski definition) is 4. The van der Waals surface area contributed by atoms with Gasteiger partial charge in [-0.3, -0.25) is 9.89 Å². The maximum atomic E-state index is 12.6. The molecule has 0 radical (unpaired) electrons. The van der Waals surface area contributed by atoms with E-state index in [0.717, 1.165) is 23.2 Å². The van der Waals surface area contributed by atoms with Gasteiger partial charge in [0.05, 0.1) is 5.69 Å². The van der Waals surface area contributed by atoms with Gasteiger partial charge in [0.1, 0.15) is 5.69 Å². The molecule has 0 saturated carbocycles. The number of carbonyl (C=O) groups is 2. The third-order valence-electron chi connectivity index (χ3n) is 4.88. The molecular formula is C23H25N3O3. The molecule has 0 spiro atoms. The van der Waals surface area contributed by atoms with Gasteiger partial charge in [-0.1, -0.05) is 62.4 Å². The summed E-state index contributed by atoms with van der Waals surface area (Å²) in [5, 5.41) is 9.69. The number of rotatable bonds is 7. The molecule has 150 valence electrons. The highest BCUT2D eigenvalue weighted by atomic mass is 16.5. The zero-order valence-electron chi connectivity index (χ0n) is 16.8. The lowest BCUT2D eigenvalue weighted by Crippen LogP contribution is -2.30. The van der Waals surface area contributed by atoms with Gasteiger partial charge < -0.3 is 10.1 Å². The van der Waals surface area contributed by atoms with E-state index in [2.05, 4.69) is 29.4 Å². The van der Waals surface area contributed by atoms with Crippen molar-refractivity contribution in [1.82, 2.24) is 10.2 Å². The van der Waals surface area contributed by atoms with Crippen molar-refractivity contribution < 1.29 is 14.3 Å². The lowest BCUT2D eigenvalue weighted by Gasteiger charge is -2.18. The van der Waals surface area contributed by atoms with E-state index >= 15 is 0 Å². The number of hydrogen-bond donors (Lipinski definition) is 2. The normalized spacial score (nSPS) is 12.8. The Balaban J connectivity index is 1.65. The summed E-state index contributed by atoms with van der Waals surface area (Å²) in [6.45, 7) is 5.76. The van der Waals surface area contributed by atoms with E-state index in [4.69, 9.17) is 4.74 Å². The number of H-pyrrole nitrogens is 1. The molecule has 1 amide bonds. The van der Waals surface area contributed by atoms with Crippen molar-refractivity contribution >= 4 is 17.6 Å². The molecule has 1 heterocycles. The lowest BCUT2D eigenvalue weighted by atomic mass is 9.97. The van der Waals surface area contributed by atoms with Crippen molar-refractivity contribution in [2.24, 2.45) is 0 Å². The number of amides is 1. The Hall–Kier alpha value is -3.41. The molecule has 0 bridgehead atoms. The number of benzene rings is 2. The number of nitrogens with zero attached hydrogens (tertiary/aromatic N) is 1. The summed E-state index contributed by atoms with van der Waals surface area (Å²) >= 11 is 0. The summed E-state index contributed by atoms with van der Waals surface area (Å²) in [4.78, 5) is 25.0. The van der Waals surface area contributed by atoms with Crippen LogP contribution < -0.4 is 5.32 Å². The number of carbonyl (C=O) groups excluding carboxylic acids is 2.